The Labute approximate surface area is 213 Å². The molecular formula is C25H33N7O5. The number of nitrogens with zero attached hydrogens (tertiary/aromatic N) is 2. The van der Waals surface area contributed by atoms with Crippen LogP contribution < -0.4 is 22.1 Å². The molecule has 0 aliphatic heterocycles. The van der Waals surface area contributed by atoms with E-state index in [0.717, 1.165) is 10.9 Å². The lowest BCUT2D eigenvalue weighted by atomic mass is 10.0. The molecule has 198 valence electrons. The van der Waals surface area contributed by atoms with Crippen LogP contribution in [0.15, 0.2) is 39.7 Å². The van der Waals surface area contributed by atoms with Gasteiger partial charge in [-0.3, -0.25) is 14.6 Å². The minimum atomic E-state index is -1.19. The standard InChI is InChI=1S/C25H33N7O5/c1-13(2)11-19(31-21(33)18-12-15-7-4-5-8-16(15)29-18)23-32-20(14(3)37-23)22(34)30-17(24(35)36)9-6-10-28-25(26)27/h4-5,7-8,12-13,17,19,29H,6,9-11H2,1-3H3,(H,30,34)(H,31,33)(H,35,36)(H4,26,27,28)/t17-,19?/m0/s1. The lowest BCUT2D eigenvalue weighted by Crippen LogP contribution is -2.41. The average Bonchev–Trinajstić information content (AvgIpc) is 3.43. The molecule has 0 fully saturated rings. The fraction of sp³-hybridized carbons (Fsp3) is 0.400. The zero-order chi connectivity index (χ0) is 27.1. The molecule has 0 saturated carbocycles. The van der Waals surface area contributed by atoms with Crippen LogP contribution in [-0.4, -0.2) is 51.4 Å². The molecule has 12 nitrogen and oxygen atoms in total. The van der Waals surface area contributed by atoms with E-state index in [2.05, 4.69) is 25.6 Å². The molecule has 0 saturated heterocycles. The number of aliphatic imine (C=N–C) groups is 1. The van der Waals surface area contributed by atoms with Crippen LogP contribution in [0.5, 0.6) is 0 Å². The number of rotatable bonds is 12. The topological polar surface area (TPSA) is 202 Å². The van der Waals surface area contributed by atoms with Crippen LogP contribution in [0.25, 0.3) is 10.9 Å². The summed E-state index contributed by atoms with van der Waals surface area (Å²) in [5, 5.41) is 15.8. The number of nitrogens with one attached hydrogen (secondary N) is 3. The van der Waals surface area contributed by atoms with Crippen molar-refractivity contribution in [3.63, 3.8) is 0 Å². The number of oxazole rings is 1. The number of aromatic amines is 1. The fourth-order valence-electron chi connectivity index (χ4n) is 3.89. The van der Waals surface area contributed by atoms with Crippen LogP contribution in [-0.2, 0) is 4.79 Å². The Morgan fingerprint density at radius 2 is 1.89 bits per heavy atom. The lowest BCUT2D eigenvalue weighted by molar-refractivity contribution is -0.139. The monoisotopic (exact) mass is 511 g/mol. The summed E-state index contributed by atoms with van der Waals surface area (Å²) in [6.45, 7) is 5.78. The number of para-hydroxylation sites is 1. The quantitative estimate of drug-likeness (QED) is 0.121. The number of nitrogens with two attached hydrogens (primary N) is 2. The SMILES string of the molecule is Cc1oc(C(CC(C)C)NC(=O)c2cc3ccccc3[nH]2)nc1C(=O)N[C@@H](CCCN=C(N)N)C(=O)O. The molecule has 0 radical (unpaired) electrons. The van der Waals surface area contributed by atoms with Gasteiger partial charge in [-0.1, -0.05) is 32.0 Å². The molecule has 2 amide bonds. The van der Waals surface area contributed by atoms with Gasteiger partial charge in [-0.05, 0) is 44.2 Å². The molecule has 0 spiro atoms. The van der Waals surface area contributed by atoms with Crippen molar-refractivity contribution in [3.8, 4) is 0 Å². The van der Waals surface area contributed by atoms with E-state index in [4.69, 9.17) is 15.9 Å². The van der Waals surface area contributed by atoms with Gasteiger partial charge in [0.05, 0.1) is 0 Å². The highest BCUT2D eigenvalue weighted by atomic mass is 16.4. The molecule has 1 aromatic carbocycles. The van der Waals surface area contributed by atoms with Gasteiger partial charge in [-0.25, -0.2) is 9.78 Å². The van der Waals surface area contributed by atoms with Gasteiger partial charge in [0.15, 0.2) is 11.7 Å². The number of carbonyl (C=O) groups excluding carboxylic acids is 2. The summed E-state index contributed by atoms with van der Waals surface area (Å²) in [5.41, 5.74) is 11.7. The number of fused-ring (bicyclic) bond motifs is 1. The Kier molecular flexibility index (Phi) is 8.88. The summed E-state index contributed by atoms with van der Waals surface area (Å²) in [6.07, 6.45) is 0.988. The number of hydrogen-bond acceptors (Lipinski definition) is 6. The van der Waals surface area contributed by atoms with Crippen molar-refractivity contribution in [2.24, 2.45) is 22.4 Å². The van der Waals surface area contributed by atoms with E-state index in [1.54, 1.807) is 13.0 Å². The molecule has 12 heteroatoms. The molecule has 2 atom stereocenters. The Morgan fingerprint density at radius 1 is 1.16 bits per heavy atom. The predicted molar refractivity (Wildman–Crippen MR) is 138 cm³/mol. The van der Waals surface area contributed by atoms with Crippen LogP contribution in [0.1, 0.15) is 71.8 Å². The zero-order valence-electron chi connectivity index (χ0n) is 21.1. The van der Waals surface area contributed by atoms with Crippen molar-refractivity contribution in [2.45, 2.75) is 52.1 Å². The number of carboxylic acid groups (broad SMARTS) is 1. The number of amides is 2. The van der Waals surface area contributed by atoms with Crippen LogP contribution >= 0.6 is 0 Å². The van der Waals surface area contributed by atoms with E-state index in [0.29, 0.717) is 18.5 Å². The molecule has 3 rings (SSSR count). The van der Waals surface area contributed by atoms with E-state index >= 15 is 0 Å². The van der Waals surface area contributed by atoms with Crippen molar-refractivity contribution in [3.05, 3.63) is 53.4 Å². The average molecular weight is 512 g/mol. The second-order valence-electron chi connectivity index (χ2n) is 9.20. The summed E-state index contributed by atoms with van der Waals surface area (Å²) >= 11 is 0. The van der Waals surface area contributed by atoms with Gasteiger partial charge in [0, 0.05) is 17.4 Å². The smallest absolute Gasteiger partial charge is 0.326 e. The molecule has 3 aromatic rings. The first-order valence-corrected chi connectivity index (χ1v) is 12.0. The number of aliphatic carboxylic acids is 1. The summed E-state index contributed by atoms with van der Waals surface area (Å²) in [7, 11) is 0. The van der Waals surface area contributed by atoms with Crippen LogP contribution in [0.2, 0.25) is 0 Å². The van der Waals surface area contributed by atoms with Crippen molar-refractivity contribution in [1.82, 2.24) is 20.6 Å². The summed E-state index contributed by atoms with van der Waals surface area (Å²) in [4.78, 5) is 48.8. The largest absolute Gasteiger partial charge is 0.480 e. The first kappa shape index (κ1) is 27.2. The third-order valence-corrected chi connectivity index (χ3v) is 5.66. The van der Waals surface area contributed by atoms with E-state index in [1.807, 2.05) is 38.1 Å². The van der Waals surface area contributed by atoms with E-state index in [-0.39, 0.29) is 48.1 Å². The predicted octanol–water partition coefficient (Wildman–Crippen LogP) is 2.22. The number of carbonyl (C=O) groups is 3. The van der Waals surface area contributed by atoms with Crippen molar-refractivity contribution in [1.29, 1.82) is 0 Å². The van der Waals surface area contributed by atoms with Crippen LogP contribution in [0, 0.1) is 12.8 Å². The molecule has 2 aromatic heterocycles. The Balaban J connectivity index is 1.75. The molecule has 0 aliphatic rings. The van der Waals surface area contributed by atoms with Gasteiger partial charge in [-0.15, -0.1) is 0 Å². The lowest BCUT2D eigenvalue weighted by Gasteiger charge is -2.17. The number of aryl methyl sites for hydroxylation is 1. The van der Waals surface area contributed by atoms with Crippen molar-refractivity contribution < 1.29 is 23.9 Å². The molecule has 8 N–H and O–H groups in total. The van der Waals surface area contributed by atoms with E-state index < -0.39 is 24.0 Å². The molecule has 2 heterocycles. The van der Waals surface area contributed by atoms with Gasteiger partial charge >= 0.3 is 5.97 Å². The third kappa shape index (κ3) is 7.32. The number of benzene rings is 1. The summed E-state index contributed by atoms with van der Waals surface area (Å²) < 4.78 is 5.77. The molecule has 0 aliphatic carbocycles. The molecule has 0 bridgehead atoms. The summed E-state index contributed by atoms with van der Waals surface area (Å²) in [6, 6.07) is 7.55. The van der Waals surface area contributed by atoms with Gasteiger partial charge in [-0.2, -0.15) is 0 Å². The molecule has 1 unspecified atom stereocenters. The van der Waals surface area contributed by atoms with Crippen molar-refractivity contribution >= 4 is 34.6 Å². The minimum absolute atomic E-state index is 0.0425. The maximum absolute atomic E-state index is 13.0. The van der Waals surface area contributed by atoms with Gasteiger partial charge in [0.2, 0.25) is 5.89 Å². The zero-order valence-corrected chi connectivity index (χ0v) is 21.1. The number of H-pyrrole nitrogens is 1. The Bertz CT molecular complexity index is 1260. The highest BCUT2D eigenvalue weighted by Gasteiger charge is 2.28. The van der Waals surface area contributed by atoms with Gasteiger partial charge in [0.1, 0.15) is 23.5 Å². The van der Waals surface area contributed by atoms with Crippen LogP contribution in [0.4, 0.5) is 0 Å². The van der Waals surface area contributed by atoms with Gasteiger partial charge in [0.25, 0.3) is 11.8 Å². The Morgan fingerprint density at radius 3 is 2.54 bits per heavy atom. The van der Waals surface area contributed by atoms with E-state index in [9.17, 15) is 19.5 Å². The second kappa shape index (κ2) is 12.1. The number of aromatic nitrogens is 2. The minimum Gasteiger partial charge on any atom is -0.480 e. The highest BCUT2D eigenvalue weighted by Crippen LogP contribution is 2.24. The van der Waals surface area contributed by atoms with Crippen LogP contribution in [0.3, 0.4) is 0 Å². The first-order valence-electron chi connectivity index (χ1n) is 12.0. The number of carboxylic acids is 1. The Hall–Kier alpha value is -4.35. The number of hydrogen-bond donors (Lipinski definition) is 6. The highest BCUT2D eigenvalue weighted by molar-refractivity contribution is 5.98. The second-order valence-corrected chi connectivity index (χ2v) is 9.20. The van der Waals surface area contributed by atoms with Crippen molar-refractivity contribution in [2.75, 3.05) is 6.54 Å². The first-order chi connectivity index (χ1) is 17.5. The van der Waals surface area contributed by atoms with E-state index in [1.165, 1.54) is 0 Å². The fourth-order valence-corrected chi connectivity index (χ4v) is 3.89. The third-order valence-electron chi connectivity index (χ3n) is 5.66. The molecule has 37 heavy (non-hydrogen) atoms. The maximum atomic E-state index is 13.0. The number of guanidine groups is 1. The normalized spacial score (nSPS) is 12.8. The maximum Gasteiger partial charge on any atom is 0.326 e. The summed E-state index contributed by atoms with van der Waals surface area (Å²) in [5.74, 6) is -1.75. The molecular weight excluding hydrogens is 478 g/mol. The van der Waals surface area contributed by atoms with Gasteiger partial charge < -0.3 is 36.6 Å².